The minimum atomic E-state index is -0.106. The van der Waals surface area contributed by atoms with Crippen LogP contribution in [0.3, 0.4) is 0 Å². The van der Waals surface area contributed by atoms with Crippen molar-refractivity contribution in [3.63, 3.8) is 0 Å². The predicted octanol–water partition coefficient (Wildman–Crippen LogP) is 3.21. The fraction of sp³-hybridized carbons (Fsp3) is 0.154. The quantitative estimate of drug-likeness (QED) is 0.823. The maximum Gasteiger partial charge on any atom is 0.252 e. The number of nitrogens with one attached hydrogen (secondary N) is 1. The number of carbonyl (C=O) groups excluding carboxylic acids is 1. The monoisotopic (exact) mass is 374 g/mol. The summed E-state index contributed by atoms with van der Waals surface area (Å²) < 4.78 is 2.84. The average molecular weight is 375 g/mol. The number of nitrogens with zero attached hydrogens (tertiary/aromatic N) is 1. The number of aryl methyl sites for hydroxylation is 1. The molecule has 1 amide bonds. The van der Waals surface area contributed by atoms with E-state index >= 15 is 0 Å². The molecular weight excluding hydrogens is 363 g/mol. The summed E-state index contributed by atoms with van der Waals surface area (Å²) >= 11 is 8.02. The molecule has 0 bridgehead atoms. The topological polar surface area (TPSA) is 34.0 Å². The van der Waals surface area contributed by atoms with Crippen LogP contribution in [0.4, 0.5) is 0 Å². The molecule has 1 aromatic carbocycles. The Labute approximate surface area is 124 Å². The van der Waals surface area contributed by atoms with Crippen LogP contribution in [0.1, 0.15) is 15.9 Å². The van der Waals surface area contributed by atoms with Gasteiger partial charge in [0.25, 0.3) is 5.91 Å². The number of hydrogen-bond donors (Lipinski definition) is 1. The molecule has 0 aliphatic heterocycles. The van der Waals surface area contributed by atoms with Gasteiger partial charge in [0.05, 0.1) is 5.56 Å². The highest BCUT2D eigenvalue weighted by Crippen LogP contribution is 2.17. The van der Waals surface area contributed by atoms with Crippen LogP contribution in [0, 0.1) is 3.57 Å². The second kappa shape index (κ2) is 5.75. The fourth-order valence-electron chi connectivity index (χ4n) is 1.61. The fourth-order valence-corrected chi connectivity index (χ4v) is 2.37. The molecule has 1 heterocycles. The molecule has 3 nitrogen and oxygen atoms in total. The highest BCUT2D eigenvalue weighted by molar-refractivity contribution is 14.1. The number of amides is 1. The van der Waals surface area contributed by atoms with Gasteiger partial charge in [-0.3, -0.25) is 4.79 Å². The third-order valence-electron chi connectivity index (χ3n) is 2.52. The minimum Gasteiger partial charge on any atom is -0.357 e. The first kappa shape index (κ1) is 13.4. The van der Waals surface area contributed by atoms with Gasteiger partial charge in [0.15, 0.2) is 0 Å². The van der Waals surface area contributed by atoms with Crippen molar-refractivity contribution in [2.45, 2.75) is 6.54 Å². The van der Waals surface area contributed by atoms with Gasteiger partial charge in [-0.25, -0.2) is 0 Å². The maximum atomic E-state index is 12.0. The summed E-state index contributed by atoms with van der Waals surface area (Å²) in [5, 5.41) is 3.45. The Morgan fingerprint density at radius 3 is 2.89 bits per heavy atom. The highest BCUT2D eigenvalue weighted by atomic mass is 127. The molecule has 0 saturated carbocycles. The maximum absolute atomic E-state index is 12.0. The predicted molar refractivity (Wildman–Crippen MR) is 80.8 cm³/mol. The van der Waals surface area contributed by atoms with Crippen LogP contribution in [0.25, 0.3) is 0 Å². The van der Waals surface area contributed by atoms with E-state index in [-0.39, 0.29) is 5.91 Å². The molecule has 2 rings (SSSR count). The van der Waals surface area contributed by atoms with Crippen LogP contribution in [-0.4, -0.2) is 10.5 Å². The molecule has 2 aromatic rings. The standard InChI is InChI=1S/C13H12ClIN2O/c1-17-5-4-9(8-17)7-16-13(18)11-6-10(14)2-3-12(11)15/h2-6,8H,7H2,1H3,(H,16,18). The summed E-state index contributed by atoms with van der Waals surface area (Å²) in [6, 6.07) is 7.27. The van der Waals surface area contributed by atoms with Crippen molar-refractivity contribution in [2.24, 2.45) is 7.05 Å². The average Bonchev–Trinajstić information content (AvgIpc) is 2.75. The van der Waals surface area contributed by atoms with Crippen LogP contribution >= 0.6 is 34.2 Å². The van der Waals surface area contributed by atoms with E-state index in [1.807, 2.05) is 36.1 Å². The van der Waals surface area contributed by atoms with E-state index in [4.69, 9.17) is 11.6 Å². The van der Waals surface area contributed by atoms with E-state index in [0.29, 0.717) is 17.1 Å². The molecule has 5 heteroatoms. The zero-order chi connectivity index (χ0) is 13.1. The SMILES string of the molecule is Cn1ccc(CNC(=O)c2cc(Cl)ccc2I)c1. The molecule has 1 N–H and O–H groups in total. The number of halogens is 2. The van der Waals surface area contributed by atoms with Gasteiger partial charge in [-0.2, -0.15) is 0 Å². The molecule has 0 radical (unpaired) electrons. The van der Waals surface area contributed by atoms with Crippen molar-refractivity contribution in [1.82, 2.24) is 9.88 Å². The molecule has 1 aromatic heterocycles. The van der Waals surface area contributed by atoms with E-state index in [9.17, 15) is 4.79 Å². The third-order valence-corrected chi connectivity index (χ3v) is 3.70. The zero-order valence-electron chi connectivity index (χ0n) is 9.78. The lowest BCUT2D eigenvalue weighted by Gasteiger charge is -2.06. The molecule has 0 aliphatic carbocycles. The van der Waals surface area contributed by atoms with Gasteiger partial charge >= 0.3 is 0 Å². The van der Waals surface area contributed by atoms with E-state index in [1.54, 1.807) is 12.1 Å². The smallest absolute Gasteiger partial charge is 0.252 e. The van der Waals surface area contributed by atoms with Gasteiger partial charge in [-0.1, -0.05) is 11.6 Å². The molecule has 0 atom stereocenters. The number of hydrogen-bond acceptors (Lipinski definition) is 1. The van der Waals surface area contributed by atoms with E-state index in [0.717, 1.165) is 9.13 Å². The van der Waals surface area contributed by atoms with Gasteiger partial charge in [0, 0.05) is 34.6 Å². The Bertz CT molecular complexity index is 580. The second-order valence-electron chi connectivity index (χ2n) is 3.99. The number of benzene rings is 1. The Morgan fingerprint density at radius 2 is 2.22 bits per heavy atom. The highest BCUT2D eigenvalue weighted by Gasteiger charge is 2.10. The van der Waals surface area contributed by atoms with E-state index < -0.39 is 0 Å². The Hall–Kier alpha value is -1.01. The van der Waals surface area contributed by atoms with Crippen LogP contribution in [-0.2, 0) is 13.6 Å². The Kier molecular flexibility index (Phi) is 4.29. The lowest BCUT2D eigenvalue weighted by atomic mass is 10.2. The van der Waals surface area contributed by atoms with Gasteiger partial charge in [-0.05, 0) is 52.4 Å². The normalized spacial score (nSPS) is 10.4. The minimum absolute atomic E-state index is 0.106. The molecule has 0 saturated heterocycles. The third kappa shape index (κ3) is 3.26. The van der Waals surface area contributed by atoms with Crippen LogP contribution in [0.2, 0.25) is 5.02 Å². The van der Waals surface area contributed by atoms with Gasteiger partial charge in [-0.15, -0.1) is 0 Å². The van der Waals surface area contributed by atoms with E-state index in [2.05, 4.69) is 27.9 Å². The summed E-state index contributed by atoms with van der Waals surface area (Å²) in [5.41, 5.74) is 1.68. The largest absolute Gasteiger partial charge is 0.357 e. The number of aromatic nitrogens is 1. The first-order chi connectivity index (χ1) is 8.56. The summed E-state index contributed by atoms with van der Waals surface area (Å²) in [7, 11) is 1.95. The molecule has 0 spiro atoms. The molecular formula is C13H12ClIN2O. The first-order valence-electron chi connectivity index (χ1n) is 5.40. The van der Waals surface area contributed by atoms with Crippen molar-refractivity contribution in [3.05, 3.63) is 56.4 Å². The Balaban J connectivity index is 2.05. The lowest BCUT2D eigenvalue weighted by Crippen LogP contribution is -2.23. The second-order valence-corrected chi connectivity index (χ2v) is 5.59. The molecule has 0 unspecified atom stereocenters. The van der Waals surface area contributed by atoms with Crippen LogP contribution in [0.15, 0.2) is 36.7 Å². The molecule has 0 fully saturated rings. The molecule has 0 aliphatic rings. The molecule has 18 heavy (non-hydrogen) atoms. The van der Waals surface area contributed by atoms with Gasteiger partial charge < -0.3 is 9.88 Å². The number of rotatable bonds is 3. The van der Waals surface area contributed by atoms with Crippen LogP contribution < -0.4 is 5.32 Å². The van der Waals surface area contributed by atoms with Crippen molar-refractivity contribution in [2.75, 3.05) is 0 Å². The summed E-state index contributed by atoms with van der Waals surface area (Å²) in [6.07, 6.45) is 3.92. The lowest BCUT2D eigenvalue weighted by molar-refractivity contribution is 0.0950. The van der Waals surface area contributed by atoms with Crippen molar-refractivity contribution >= 4 is 40.1 Å². The van der Waals surface area contributed by atoms with Crippen LogP contribution in [0.5, 0.6) is 0 Å². The Morgan fingerprint density at radius 1 is 1.44 bits per heavy atom. The zero-order valence-corrected chi connectivity index (χ0v) is 12.7. The number of carbonyl (C=O) groups is 1. The van der Waals surface area contributed by atoms with Crippen molar-refractivity contribution < 1.29 is 4.79 Å². The van der Waals surface area contributed by atoms with Crippen molar-refractivity contribution in [3.8, 4) is 0 Å². The summed E-state index contributed by atoms with van der Waals surface area (Å²) in [4.78, 5) is 12.0. The summed E-state index contributed by atoms with van der Waals surface area (Å²) in [6.45, 7) is 0.516. The first-order valence-corrected chi connectivity index (χ1v) is 6.86. The summed E-state index contributed by atoms with van der Waals surface area (Å²) in [5.74, 6) is -0.106. The van der Waals surface area contributed by atoms with Gasteiger partial charge in [0.2, 0.25) is 0 Å². The molecule has 94 valence electrons. The van der Waals surface area contributed by atoms with E-state index in [1.165, 1.54) is 0 Å². The van der Waals surface area contributed by atoms with Crippen molar-refractivity contribution in [1.29, 1.82) is 0 Å². The van der Waals surface area contributed by atoms with Gasteiger partial charge in [0.1, 0.15) is 0 Å².